The van der Waals surface area contributed by atoms with Crippen LogP contribution in [-0.4, -0.2) is 15.1 Å². The lowest BCUT2D eigenvalue weighted by Crippen LogP contribution is -2.34. The predicted octanol–water partition coefficient (Wildman–Crippen LogP) is 2.04. The average molecular weight is 274 g/mol. The molecule has 1 aromatic rings. The van der Waals surface area contributed by atoms with E-state index in [2.05, 4.69) is 5.43 Å². The van der Waals surface area contributed by atoms with E-state index >= 15 is 0 Å². The number of rotatable bonds is 6. The number of ether oxygens (including phenoxy) is 1. The lowest BCUT2D eigenvalue weighted by atomic mass is 10.2. The first-order valence-corrected chi connectivity index (χ1v) is 7.31. The summed E-state index contributed by atoms with van der Waals surface area (Å²) in [5.74, 6) is 5.65. The third-order valence-electron chi connectivity index (χ3n) is 2.94. The number of benzene rings is 1. The molecule has 5 N–H and O–H groups in total. The summed E-state index contributed by atoms with van der Waals surface area (Å²) in [6.07, 6.45) is 0.433. The highest BCUT2D eigenvalue weighted by molar-refractivity contribution is 7.53. The van der Waals surface area contributed by atoms with Crippen molar-refractivity contribution < 1.29 is 19.1 Å². The Kier molecular flexibility index (Phi) is 4.76. The Hall–Kier alpha value is -1.07. The topological polar surface area (TPSA) is 105 Å². The Balaban J connectivity index is 3.07. The average Bonchev–Trinajstić information content (AvgIpc) is 2.34. The van der Waals surface area contributed by atoms with E-state index in [9.17, 15) is 14.4 Å². The van der Waals surface area contributed by atoms with Crippen molar-refractivity contribution in [2.75, 3.05) is 5.43 Å². The van der Waals surface area contributed by atoms with E-state index in [-0.39, 0.29) is 12.8 Å². The molecule has 0 spiro atoms. The first-order chi connectivity index (χ1) is 8.38. The van der Waals surface area contributed by atoms with Gasteiger partial charge < -0.3 is 19.9 Å². The number of nitrogens with one attached hydrogen (secondary N) is 1. The molecule has 0 bridgehead atoms. The van der Waals surface area contributed by atoms with Crippen molar-refractivity contribution in [3.05, 3.63) is 24.3 Å². The first-order valence-electron chi connectivity index (χ1n) is 5.70. The lowest BCUT2D eigenvalue weighted by Gasteiger charge is -2.33. The zero-order valence-electron chi connectivity index (χ0n) is 10.5. The van der Waals surface area contributed by atoms with Crippen LogP contribution in [0.1, 0.15) is 26.7 Å². The highest BCUT2D eigenvalue weighted by atomic mass is 31.2. The van der Waals surface area contributed by atoms with Gasteiger partial charge in [0.25, 0.3) is 0 Å². The molecule has 0 amide bonds. The Bertz CT molecular complexity index is 442. The molecule has 0 saturated heterocycles. The van der Waals surface area contributed by atoms with Gasteiger partial charge in [-0.05, 0) is 25.0 Å². The van der Waals surface area contributed by atoms with Gasteiger partial charge in [-0.15, -0.1) is 0 Å². The number of hydrogen-bond donors (Lipinski definition) is 4. The van der Waals surface area contributed by atoms with E-state index in [4.69, 9.17) is 10.6 Å². The van der Waals surface area contributed by atoms with Gasteiger partial charge in [0.1, 0.15) is 5.75 Å². The maximum absolute atomic E-state index is 11.6. The summed E-state index contributed by atoms with van der Waals surface area (Å²) in [6, 6.07) is 6.65. The maximum atomic E-state index is 11.6. The van der Waals surface area contributed by atoms with Gasteiger partial charge >= 0.3 is 7.60 Å². The van der Waals surface area contributed by atoms with Gasteiger partial charge in [0, 0.05) is 6.07 Å². The zero-order chi connectivity index (χ0) is 13.8. The van der Waals surface area contributed by atoms with Crippen LogP contribution < -0.4 is 16.0 Å². The van der Waals surface area contributed by atoms with Gasteiger partial charge in [0.05, 0.1) is 5.69 Å². The molecule has 0 aliphatic rings. The minimum absolute atomic E-state index is 0.216. The first kappa shape index (κ1) is 15.0. The van der Waals surface area contributed by atoms with Crippen molar-refractivity contribution >= 4 is 13.3 Å². The van der Waals surface area contributed by atoms with Crippen LogP contribution in [0, 0.1) is 0 Å². The number of nitrogen functional groups attached to an aromatic ring is 1. The minimum Gasteiger partial charge on any atom is -0.475 e. The summed E-state index contributed by atoms with van der Waals surface area (Å²) in [4.78, 5) is 18.9. The Labute approximate surface area is 106 Å². The second kappa shape index (κ2) is 5.71. The molecule has 0 unspecified atom stereocenters. The molecule has 0 radical (unpaired) electrons. The van der Waals surface area contributed by atoms with E-state index in [0.29, 0.717) is 11.4 Å². The molecule has 1 rings (SSSR count). The molecular weight excluding hydrogens is 255 g/mol. The monoisotopic (exact) mass is 274 g/mol. The highest BCUT2D eigenvalue weighted by Gasteiger charge is 2.46. The Morgan fingerprint density at radius 3 is 2.44 bits per heavy atom. The minimum atomic E-state index is -4.37. The summed E-state index contributed by atoms with van der Waals surface area (Å²) in [5, 5.41) is -1.49. The lowest BCUT2D eigenvalue weighted by molar-refractivity contribution is 0.108. The molecule has 1 aromatic carbocycles. The van der Waals surface area contributed by atoms with Gasteiger partial charge in [-0.1, -0.05) is 19.9 Å². The Morgan fingerprint density at radius 2 is 2.00 bits per heavy atom. The molecule has 102 valence electrons. The molecule has 0 saturated carbocycles. The Morgan fingerprint density at radius 1 is 1.39 bits per heavy atom. The van der Waals surface area contributed by atoms with Crippen LogP contribution in [0.15, 0.2) is 24.3 Å². The summed E-state index contributed by atoms with van der Waals surface area (Å²) >= 11 is 0. The van der Waals surface area contributed by atoms with Crippen LogP contribution in [-0.2, 0) is 4.57 Å². The third kappa shape index (κ3) is 3.03. The summed E-state index contributed by atoms with van der Waals surface area (Å²) < 4.78 is 17.2. The van der Waals surface area contributed by atoms with Crippen LogP contribution in [0.2, 0.25) is 0 Å². The van der Waals surface area contributed by atoms with Gasteiger partial charge in [-0.3, -0.25) is 10.4 Å². The molecule has 0 atom stereocenters. The fourth-order valence-corrected chi connectivity index (χ4v) is 2.78. The van der Waals surface area contributed by atoms with Crippen molar-refractivity contribution in [2.24, 2.45) is 5.84 Å². The van der Waals surface area contributed by atoms with E-state index in [0.717, 1.165) is 0 Å². The quantitative estimate of drug-likeness (QED) is 0.359. The van der Waals surface area contributed by atoms with Crippen molar-refractivity contribution in [1.29, 1.82) is 0 Å². The molecule has 0 aliphatic heterocycles. The maximum Gasteiger partial charge on any atom is 0.368 e. The smallest absolute Gasteiger partial charge is 0.368 e. The standard InChI is InChI=1S/C11H19N2O4P/c1-3-11(4-2,18(14,15)16)17-10-7-5-6-9(8-10)13-12/h5-8,13H,3-4,12H2,1-2H3,(H2,14,15,16). The second-order valence-electron chi connectivity index (χ2n) is 3.97. The van der Waals surface area contributed by atoms with Crippen molar-refractivity contribution in [3.63, 3.8) is 0 Å². The SMILES string of the molecule is CCC(CC)(Oc1cccc(NN)c1)P(=O)(O)O. The molecule has 0 aliphatic carbocycles. The van der Waals surface area contributed by atoms with Gasteiger partial charge in [0.2, 0.25) is 5.34 Å². The van der Waals surface area contributed by atoms with Gasteiger partial charge in [-0.2, -0.15) is 0 Å². The van der Waals surface area contributed by atoms with Gasteiger partial charge in [-0.25, -0.2) is 0 Å². The van der Waals surface area contributed by atoms with Gasteiger partial charge in [0.15, 0.2) is 0 Å². The normalized spacial score (nSPS) is 12.3. The molecular formula is C11H19N2O4P. The van der Waals surface area contributed by atoms with Crippen LogP contribution in [0.5, 0.6) is 5.75 Å². The fourth-order valence-electron chi connectivity index (χ4n) is 1.73. The largest absolute Gasteiger partial charge is 0.475 e. The highest BCUT2D eigenvalue weighted by Crippen LogP contribution is 2.55. The van der Waals surface area contributed by atoms with Crippen LogP contribution in [0.4, 0.5) is 5.69 Å². The van der Waals surface area contributed by atoms with Crippen LogP contribution in [0.3, 0.4) is 0 Å². The van der Waals surface area contributed by atoms with E-state index in [1.807, 2.05) is 0 Å². The molecule has 18 heavy (non-hydrogen) atoms. The summed E-state index contributed by atoms with van der Waals surface area (Å²) in [7, 11) is -4.37. The third-order valence-corrected chi connectivity index (χ3v) is 4.73. The number of anilines is 1. The molecule has 0 aromatic heterocycles. The summed E-state index contributed by atoms with van der Waals surface area (Å²) in [6.45, 7) is 3.38. The van der Waals surface area contributed by atoms with E-state index in [1.165, 1.54) is 0 Å². The molecule has 6 nitrogen and oxygen atoms in total. The number of hydrogen-bond acceptors (Lipinski definition) is 4. The predicted molar refractivity (Wildman–Crippen MR) is 70.2 cm³/mol. The van der Waals surface area contributed by atoms with Crippen molar-refractivity contribution in [1.82, 2.24) is 0 Å². The van der Waals surface area contributed by atoms with Crippen molar-refractivity contribution in [3.8, 4) is 5.75 Å². The summed E-state index contributed by atoms with van der Waals surface area (Å²) in [5.41, 5.74) is 3.06. The number of nitrogens with two attached hydrogens (primary N) is 1. The number of hydrazine groups is 1. The van der Waals surface area contributed by atoms with Crippen LogP contribution >= 0.6 is 7.60 Å². The van der Waals surface area contributed by atoms with Crippen LogP contribution in [0.25, 0.3) is 0 Å². The van der Waals surface area contributed by atoms with Crippen molar-refractivity contribution in [2.45, 2.75) is 32.0 Å². The molecule has 0 heterocycles. The second-order valence-corrected chi connectivity index (χ2v) is 5.87. The molecule has 7 heteroatoms. The molecule has 0 fully saturated rings. The fraction of sp³-hybridized carbons (Fsp3) is 0.455. The zero-order valence-corrected chi connectivity index (χ0v) is 11.4. The van der Waals surface area contributed by atoms with E-state index < -0.39 is 12.9 Å². The van der Waals surface area contributed by atoms with E-state index in [1.54, 1.807) is 38.1 Å².